The molecule has 2 aromatic rings. The summed E-state index contributed by atoms with van der Waals surface area (Å²) >= 11 is 0. The first-order chi connectivity index (χ1) is 11.6. The van der Waals surface area contributed by atoms with Crippen LogP contribution in [0.5, 0.6) is 0 Å². The molecule has 0 aliphatic heterocycles. The molecule has 2 rings (SSSR count). The quantitative estimate of drug-likeness (QED) is 0.491. The number of nitro benzene ring substituents is 2. The van der Waals surface area contributed by atoms with Gasteiger partial charge in [0.2, 0.25) is 5.69 Å². The zero-order valence-electron chi connectivity index (χ0n) is 12.4. The highest BCUT2D eigenvalue weighted by Crippen LogP contribution is 2.41. The summed E-state index contributed by atoms with van der Waals surface area (Å²) in [5.74, 6) is 0.787. The standard InChI is InChI=1S/C13H9F3N4O5/c1-7-2-3-9(25-7)6-17-18-12-10(19(21)22)4-8(13(14,15)16)5-11(12)20(23)24/h2-6,18H,1H3/b17-6-. The SMILES string of the molecule is Cc1ccc(/C=N\Nc2c([N+](=O)[O-])cc(C(F)(F)F)cc2[N+](=O)[O-])o1. The Kier molecular flexibility index (Phi) is 4.72. The van der Waals surface area contributed by atoms with E-state index in [1.165, 1.54) is 6.07 Å². The number of nitrogens with zero attached hydrogens (tertiary/aromatic N) is 3. The molecule has 1 heterocycles. The first-order valence-electron chi connectivity index (χ1n) is 6.49. The van der Waals surface area contributed by atoms with E-state index in [1.54, 1.807) is 13.0 Å². The van der Waals surface area contributed by atoms with E-state index in [1.807, 2.05) is 5.43 Å². The highest BCUT2D eigenvalue weighted by Gasteiger charge is 2.37. The van der Waals surface area contributed by atoms with Crippen LogP contribution in [-0.4, -0.2) is 16.1 Å². The van der Waals surface area contributed by atoms with E-state index in [0.717, 1.165) is 6.21 Å². The van der Waals surface area contributed by atoms with Gasteiger partial charge < -0.3 is 4.42 Å². The normalized spacial score (nSPS) is 11.7. The maximum absolute atomic E-state index is 12.8. The van der Waals surface area contributed by atoms with E-state index in [9.17, 15) is 33.4 Å². The molecule has 25 heavy (non-hydrogen) atoms. The minimum absolute atomic E-state index is 0.196. The van der Waals surface area contributed by atoms with Gasteiger partial charge in [0.25, 0.3) is 0 Å². The number of anilines is 1. The van der Waals surface area contributed by atoms with Gasteiger partial charge >= 0.3 is 17.6 Å². The number of nitro groups is 2. The van der Waals surface area contributed by atoms with E-state index in [2.05, 4.69) is 5.10 Å². The number of hydrogen-bond acceptors (Lipinski definition) is 7. The molecule has 1 aromatic carbocycles. The van der Waals surface area contributed by atoms with Crippen molar-refractivity contribution in [3.63, 3.8) is 0 Å². The number of halogens is 3. The predicted octanol–water partition coefficient (Wildman–Crippen LogP) is 3.87. The van der Waals surface area contributed by atoms with Crippen LogP contribution in [0.1, 0.15) is 17.1 Å². The number of aryl methyl sites for hydroxylation is 1. The molecule has 0 amide bonds. The molecule has 132 valence electrons. The summed E-state index contributed by atoms with van der Waals surface area (Å²) in [5.41, 5.74) is -2.51. The second-order valence-corrected chi connectivity index (χ2v) is 4.72. The van der Waals surface area contributed by atoms with Crippen molar-refractivity contribution in [2.45, 2.75) is 13.1 Å². The third-order valence-electron chi connectivity index (χ3n) is 2.95. The summed E-state index contributed by atoms with van der Waals surface area (Å²) in [5, 5.41) is 25.6. The van der Waals surface area contributed by atoms with Crippen LogP contribution in [-0.2, 0) is 6.18 Å². The Balaban J connectivity index is 2.49. The highest BCUT2D eigenvalue weighted by atomic mass is 19.4. The van der Waals surface area contributed by atoms with Crippen molar-refractivity contribution in [1.82, 2.24) is 0 Å². The average molecular weight is 358 g/mol. The predicted molar refractivity (Wildman–Crippen MR) is 79.4 cm³/mol. The maximum atomic E-state index is 12.8. The lowest BCUT2D eigenvalue weighted by Crippen LogP contribution is -2.09. The molecule has 1 N–H and O–H groups in total. The van der Waals surface area contributed by atoms with Gasteiger partial charge in [0.15, 0.2) is 0 Å². The van der Waals surface area contributed by atoms with Gasteiger partial charge in [-0.25, -0.2) is 0 Å². The van der Waals surface area contributed by atoms with Crippen LogP contribution in [0, 0.1) is 27.2 Å². The Morgan fingerprint density at radius 2 is 1.72 bits per heavy atom. The number of benzene rings is 1. The molecule has 0 saturated heterocycles. The fourth-order valence-electron chi connectivity index (χ4n) is 1.86. The van der Waals surface area contributed by atoms with Gasteiger partial charge in [0.1, 0.15) is 11.5 Å². The number of hydrazone groups is 1. The van der Waals surface area contributed by atoms with Crippen LogP contribution in [0.3, 0.4) is 0 Å². The molecule has 1 aromatic heterocycles. The number of alkyl halides is 3. The second kappa shape index (κ2) is 6.59. The Morgan fingerprint density at radius 3 is 2.12 bits per heavy atom. The topological polar surface area (TPSA) is 124 Å². The molecule has 0 unspecified atom stereocenters. The third kappa shape index (κ3) is 4.10. The molecule has 0 fully saturated rings. The molecule has 0 spiro atoms. The molecule has 0 bridgehead atoms. The van der Waals surface area contributed by atoms with Gasteiger partial charge in [-0.1, -0.05) is 0 Å². The molecule has 12 heteroatoms. The van der Waals surface area contributed by atoms with Crippen LogP contribution >= 0.6 is 0 Å². The first-order valence-corrected chi connectivity index (χ1v) is 6.49. The Labute approximate surface area is 137 Å². The van der Waals surface area contributed by atoms with Crippen LogP contribution in [0.4, 0.5) is 30.2 Å². The molecular formula is C13H9F3N4O5. The van der Waals surface area contributed by atoms with Gasteiger partial charge in [-0.3, -0.25) is 25.7 Å². The van der Waals surface area contributed by atoms with Crippen molar-refractivity contribution >= 4 is 23.3 Å². The lowest BCUT2D eigenvalue weighted by molar-refractivity contribution is -0.392. The lowest BCUT2D eigenvalue weighted by atomic mass is 10.1. The number of rotatable bonds is 5. The van der Waals surface area contributed by atoms with E-state index >= 15 is 0 Å². The highest BCUT2D eigenvalue weighted by molar-refractivity contribution is 5.79. The number of nitrogens with one attached hydrogen (secondary N) is 1. The second-order valence-electron chi connectivity index (χ2n) is 4.72. The van der Waals surface area contributed by atoms with Crippen LogP contribution in [0.15, 0.2) is 33.8 Å². The minimum atomic E-state index is -4.98. The van der Waals surface area contributed by atoms with Gasteiger partial charge in [0, 0.05) is 12.1 Å². The molecular weight excluding hydrogens is 349 g/mol. The van der Waals surface area contributed by atoms with E-state index in [4.69, 9.17) is 4.42 Å². The maximum Gasteiger partial charge on any atom is 0.416 e. The molecule has 0 aliphatic carbocycles. The average Bonchev–Trinajstić information content (AvgIpc) is 2.91. The summed E-state index contributed by atoms with van der Waals surface area (Å²) in [6, 6.07) is 3.50. The molecule has 0 aliphatic rings. The monoisotopic (exact) mass is 358 g/mol. The third-order valence-corrected chi connectivity index (χ3v) is 2.95. The Hall–Kier alpha value is -3.44. The van der Waals surface area contributed by atoms with Gasteiger partial charge in [-0.2, -0.15) is 18.3 Å². The van der Waals surface area contributed by atoms with Crippen molar-refractivity contribution in [3.8, 4) is 0 Å². The summed E-state index contributed by atoms with van der Waals surface area (Å²) in [6.07, 6.45) is -3.92. The number of furan rings is 1. The zero-order chi connectivity index (χ0) is 18.8. The summed E-state index contributed by atoms with van der Waals surface area (Å²) in [4.78, 5) is 19.7. The fraction of sp³-hybridized carbons (Fsp3) is 0.154. The largest absolute Gasteiger partial charge is 0.460 e. The Morgan fingerprint density at radius 1 is 1.16 bits per heavy atom. The smallest absolute Gasteiger partial charge is 0.416 e. The summed E-state index contributed by atoms with van der Waals surface area (Å²) in [6.45, 7) is 1.65. The zero-order valence-corrected chi connectivity index (χ0v) is 12.4. The summed E-state index contributed by atoms with van der Waals surface area (Å²) < 4.78 is 43.5. The van der Waals surface area contributed by atoms with Gasteiger partial charge in [0.05, 0.1) is 21.6 Å². The molecule has 0 atom stereocenters. The van der Waals surface area contributed by atoms with Crippen molar-refractivity contribution in [3.05, 3.63) is 61.6 Å². The first kappa shape index (κ1) is 17.9. The van der Waals surface area contributed by atoms with Gasteiger partial charge in [-0.05, 0) is 19.1 Å². The van der Waals surface area contributed by atoms with Gasteiger partial charge in [-0.15, -0.1) is 0 Å². The van der Waals surface area contributed by atoms with E-state index in [0.29, 0.717) is 5.76 Å². The molecule has 0 radical (unpaired) electrons. The van der Waals surface area contributed by atoms with E-state index in [-0.39, 0.29) is 17.9 Å². The number of hydrogen-bond donors (Lipinski definition) is 1. The minimum Gasteiger partial charge on any atom is -0.460 e. The van der Waals surface area contributed by atoms with Crippen molar-refractivity contribution in [2.24, 2.45) is 5.10 Å². The van der Waals surface area contributed by atoms with Crippen molar-refractivity contribution in [2.75, 3.05) is 5.43 Å². The van der Waals surface area contributed by atoms with Crippen LogP contribution in [0.2, 0.25) is 0 Å². The van der Waals surface area contributed by atoms with E-state index < -0.39 is 38.6 Å². The lowest BCUT2D eigenvalue weighted by Gasteiger charge is -2.09. The molecule has 9 nitrogen and oxygen atoms in total. The van der Waals surface area contributed by atoms with Crippen molar-refractivity contribution < 1.29 is 27.4 Å². The Bertz CT molecular complexity index is 825. The summed E-state index contributed by atoms with van der Waals surface area (Å²) in [7, 11) is 0. The fourth-order valence-corrected chi connectivity index (χ4v) is 1.86. The van der Waals surface area contributed by atoms with Crippen molar-refractivity contribution in [1.29, 1.82) is 0 Å². The molecule has 0 saturated carbocycles. The van der Waals surface area contributed by atoms with Crippen LogP contribution < -0.4 is 5.43 Å². The van der Waals surface area contributed by atoms with Crippen LogP contribution in [0.25, 0.3) is 0 Å².